The molecule has 0 unspecified atom stereocenters. The molecule has 1 aromatic rings. The lowest BCUT2D eigenvalue weighted by atomic mass is 10.2. The van der Waals surface area contributed by atoms with Crippen molar-refractivity contribution in [1.29, 1.82) is 0 Å². The van der Waals surface area contributed by atoms with E-state index in [1.165, 1.54) is 0 Å². The predicted octanol–water partition coefficient (Wildman–Crippen LogP) is 2.74. The predicted molar refractivity (Wildman–Crippen MR) is 90.7 cm³/mol. The van der Waals surface area contributed by atoms with E-state index in [1.54, 1.807) is 0 Å². The van der Waals surface area contributed by atoms with E-state index >= 15 is 0 Å². The van der Waals surface area contributed by atoms with Crippen molar-refractivity contribution in [3.8, 4) is 11.5 Å². The summed E-state index contributed by atoms with van der Waals surface area (Å²) in [6, 6.07) is 4.04. The van der Waals surface area contributed by atoms with Crippen molar-refractivity contribution in [2.24, 2.45) is 0 Å². The van der Waals surface area contributed by atoms with E-state index in [-0.39, 0.29) is 6.61 Å². The number of halogens is 1. The van der Waals surface area contributed by atoms with E-state index in [0.717, 1.165) is 41.0 Å². The number of nitrogens with one attached hydrogen (secondary N) is 1. The minimum absolute atomic E-state index is 0.0594. The molecule has 0 aliphatic carbocycles. The summed E-state index contributed by atoms with van der Waals surface area (Å²) in [6.07, 6.45) is 0.954. The van der Waals surface area contributed by atoms with Gasteiger partial charge in [-0.2, -0.15) is 0 Å². The van der Waals surface area contributed by atoms with Crippen LogP contribution in [-0.2, 0) is 11.3 Å². The van der Waals surface area contributed by atoms with Crippen LogP contribution in [0, 0.1) is 0 Å². The summed E-state index contributed by atoms with van der Waals surface area (Å²) < 4.78 is 17.5. The van der Waals surface area contributed by atoms with Gasteiger partial charge in [0.05, 0.1) is 37.5 Å². The Morgan fingerprint density at radius 1 is 1.14 bits per heavy atom. The van der Waals surface area contributed by atoms with Gasteiger partial charge in [-0.05, 0) is 47.0 Å². The second-order valence-corrected chi connectivity index (χ2v) is 5.55. The van der Waals surface area contributed by atoms with Crippen LogP contribution in [0.15, 0.2) is 16.6 Å². The van der Waals surface area contributed by atoms with E-state index in [9.17, 15) is 0 Å². The van der Waals surface area contributed by atoms with Crippen molar-refractivity contribution >= 4 is 15.9 Å². The molecule has 1 rings (SSSR count). The average Bonchev–Trinajstić information content (AvgIpc) is 2.50. The van der Waals surface area contributed by atoms with Crippen LogP contribution in [0.25, 0.3) is 0 Å². The molecule has 0 aromatic heterocycles. The lowest BCUT2D eigenvalue weighted by Crippen LogP contribution is -2.20. The highest BCUT2D eigenvalue weighted by molar-refractivity contribution is 9.10. The molecule has 0 heterocycles. The maximum absolute atomic E-state index is 8.62. The van der Waals surface area contributed by atoms with Gasteiger partial charge < -0.3 is 24.6 Å². The molecule has 22 heavy (non-hydrogen) atoms. The van der Waals surface area contributed by atoms with Gasteiger partial charge >= 0.3 is 0 Å². The van der Waals surface area contributed by atoms with E-state index in [0.29, 0.717) is 26.4 Å². The Kier molecular flexibility index (Phi) is 10.2. The Hall–Kier alpha value is -0.820. The third-order valence-corrected chi connectivity index (χ3v) is 3.40. The molecule has 2 N–H and O–H groups in total. The highest BCUT2D eigenvalue weighted by atomic mass is 79.9. The molecule has 126 valence electrons. The summed E-state index contributed by atoms with van der Waals surface area (Å²) >= 11 is 3.56. The molecule has 0 atom stereocenters. The number of benzene rings is 1. The Balaban J connectivity index is 2.60. The van der Waals surface area contributed by atoms with Crippen LogP contribution in [-0.4, -0.2) is 44.7 Å². The molecule has 0 aliphatic rings. The number of ether oxygens (including phenoxy) is 3. The van der Waals surface area contributed by atoms with Crippen molar-refractivity contribution in [3.63, 3.8) is 0 Å². The van der Waals surface area contributed by atoms with E-state index in [1.807, 2.05) is 19.1 Å². The van der Waals surface area contributed by atoms with Crippen molar-refractivity contribution in [2.45, 2.75) is 26.8 Å². The van der Waals surface area contributed by atoms with Crippen LogP contribution >= 0.6 is 15.9 Å². The molecular weight excluding hydrogens is 350 g/mol. The largest absolute Gasteiger partial charge is 0.490 e. The van der Waals surface area contributed by atoms with Crippen molar-refractivity contribution in [3.05, 3.63) is 22.2 Å². The monoisotopic (exact) mass is 375 g/mol. The molecule has 0 amide bonds. The summed E-state index contributed by atoms with van der Waals surface area (Å²) in [7, 11) is 0. The third kappa shape index (κ3) is 6.96. The van der Waals surface area contributed by atoms with Crippen LogP contribution in [0.4, 0.5) is 0 Å². The zero-order chi connectivity index (χ0) is 16.2. The number of hydrogen-bond acceptors (Lipinski definition) is 5. The molecule has 0 saturated carbocycles. The first-order chi connectivity index (χ1) is 10.7. The number of hydrogen-bond donors (Lipinski definition) is 2. The Morgan fingerprint density at radius 2 is 1.95 bits per heavy atom. The highest BCUT2D eigenvalue weighted by Gasteiger charge is 2.12. The molecule has 1 aromatic carbocycles. The lowest BCUT2D eigenvalue weighted by molar-refractivity contribution is 0.0938. The number of aliphatic hydroxyl groups excluding tert-OH is 1. The maximum atomic E-state index is 8.62. The Morgan fingerprint density at radius 3 is 2.64 bits per heavy atom. The van der Waals surface area contributed by atoms with Gasteiger partial charge in [-0.3, -0.25) is 0 Å². The van der Waals surface area contributed by atoms with Gasteiger partial charge in [0.25, 0.3) is 0 Å². The fourth-order valence-corrected chi connectivity index (χ4v) is 2.48. The summed E-state index contributed by atoms with van der Waals surface area (Å²) in [5.74, 6) is 1.53. The van der Waals surface area contributed by atoms with Gasteiger partial charge in [0, 0.05) is 13.1 Å². The minimum Gasteiger partial charge on any atom is -0.490 e. The Labute approximate surface area is 141 Å². The SMILES string of the molecule is CCCOc1c(Br)cc(CNCCOCCO)cc1OCC. The van der Waals surface area contributed by atoms with E-state index in [4.69, 9.17) is 19.3 Å². The summed E-state index contributed by atoms with van der Waals surface area (Å²) in [5.41, 5.74) is 1.11. The maximum Gasteiger partial charge on any atom is 0.175 e. The normalized spacial score (nSPS) is 10.7. The second kappa shape index (κ2) is 11.7. The fraction of sp³-hybridized carbons (Fsp3) is 0.625. The topological polar surface area (TPSA) is 60.0 Å². The van der Waals surface area contributed by atoms with Crippen LogP contribution in [0.5, 0.6) is 11.5 Å². The van der Waals surface area contributed by atoms with Gasteiger partial charge in [-0.1, -0.05) is 6.92 Å². The quantitative estimate of drug-likeness (QED) is 0.550. The first-order valence-electron chi connectivity index (χ1n) is 7.70. The molecule has 6 heteroatoms. The molecule has 0 fully saturated rings. The zero-order valence-electron chi connectivity index (χ0n) is 13.4. The van der Waals surface area contributed by atoms with E-state index < -0.39 is 0 Å². The van der Waals surface area contributed by atoms with Gasteiger partial charge in [-0.25, -0.2) is 0 Å². The average molecular weight is 376 g/mol. The second-order valence-electron chi connectivity index (χ2n) is 4.70. The fourth-order valence-electron chi connectivity index (χ4n) is 1.87. The van der Waals surface area contributed by atoms with Crippen molar-refractivity contribution < 1.29 is 19.3 Å². The van der Waals surface area contributed by atoms with Crippen molar-refractivity contribution in [2.75, 3.05) is 39.6 Å². The lowest BCUT2D eigenvalue weighted by Gasteiger charge is -2.15. The number of rotatable bonds is 12. The first kappa shape index (κ1) is 19.2. The zero-order valence-corrected chi connectivity index (χ0v) is 14.9. The van der Waals surface area contributed by atoms with Gasteiger partial charge in [0.15, 0.2) is 11.5 Å². The van der Waals surface area contributed by atoms with Crippen LogP contribution in [0.3, 0.4) is 0 Å². The molecule has 0 radical (unpaired) electrons. The van der Waals surface area contributed by atoms with Crippen LogP contribution in [0.1, 0.15) is 25.8 Å². The third-order valence-electron chi connectivity index (χ3n) is 2.81. The first-order valence-corrected chi connectivity index (χ1v) is 8.49. The van der Waals surface area contributed by atoms with Crippen molar-refractivity contribution in [1.82, 2.24) is 5.32 Å². The smallest absolute Gasteiger partial charge is 0.175 e. The molecule has 0 saturated heterocycles. The van der Waals surface area contributed by atoms with Gasteiger partial charge in [0.1, 0.15) is 0 Å². The standard InChI is InChI=1S/C16H26BrNO4/c1-3-7-22-16-14(17)10-13(11-15(16)21-4-2)12-18-5-8-20-9-6-19/h10-11,18-19H,3-9,12H2,1-2H3. The van der Waals surface area contributed by atoms with Gasteiger partial charge in [0.2, 0.25) is 0 Å². The minimum atomic E-state index is 0.0594. The molecule has 0 bridgehead atoms. The summed E-state index contributed by atoms with van der Waals surface area (Å²) in [4.78, 5) is 0. The Bertz CT molecular complexity index is 429. The number of aliphatic hydroxyl groups is 1. The summed E-state index contributed by atoms with van der Waals surface area (Å²) in [5, 5.41) is 11.9. The molecule has 0 spiro atoms. The van der Waals surface area contributed by atoms with E-state index in [2.05, 4.69) is 28.2 Å². The molecular formula is C16H26BrNO4. The highest BCUT2D eigenvalue weighted by Crippen LogP contribution is 2.37. The van der Waals surface area contributed by atoms with Crippen LogP contribution in [0.2, 0.25) is 0 Å². The van der Waals surface area contributed by atoms with Gasteiger partial charge in [-0.15, -0.1) is 0 Å². The molecule has 5 nitrogen and oxygen atoms in total. The summed E-state index contributed by atoms with van der Waals surface area (Å²) in [6.45, 7) is 7.77. The molecule has 0 aliphatic heterocycles. The van der Waals surface area contributed by atoms with Crippen LogP contribution < -0.4 is 14.8 Å².